The lowest BCUT2D eigenvalue weighted by Crippen LogP contribution is -2.42. The second-order valence-electron chi connectivity index (χ2n) is 5.01. The van der Waals surface area contributed by atoms with Crippen molar-refractivity contribution in [3.63, 3.8) is 0 Å². The molecular formula is C12H22O4. The minimum Gasteiger partial charge on any atom is -0.353 e. The first-order chi connectivity index (χ1) is 7.48. The molecular weight excluding hydrogens is 208 g/mol. The highest BCUT2D eigenvalue weighted by molar-refractivity contribution is 5.03. The van der Waals surface area contributed by atoms with Crippen LogP contribution in [0, 0.1) is 0 Å². The van der Waals surface area contributed by atoms with Gasteiger partial charge in [0.1, 0.15) is 12.2 Å². The van der Waals surface area contributed by atoms with E-state index in [1.54, 1.807) is 7.11 Å². The molecule has 2 aliphatic rings. The van der Waals surface area contributed by atoms with E-state index in [-0.39, 0.29) is 24.1 Å². The van der Waals surface area contributed by atoms with E-state index >= 15 is 0 Å². The monoisotopic (exact) mass is 230 g/mol. The van der Waals surface area contributed by atoms with Gasteiger partial charge in [-0.25, -0.2) is 0 Å². The van der Waals surface area contributed by atoms with E-state index in [9.17, 15) is 0 Å². The maximum atomic E-state index is 5.98. The van der Waals surface area contributed by atoms with Crippen LogP contribution in [0.3, 0.4) is 0 Å². The van der Waals surface area contributed by atoms with Crippen molar-refractivity contribution in [1.82, 2.24) is 0 Å². The Labute approximate surface area is 97.2 Å². The molecule has 0 N–H and O–H groups in total. The van der Waals surface area contributed by atoms with Crippen LogP contribution in [0.15, 0.2) is 0 Å². The smallest absolute Gasteiger partial charge is 0.186 e. The fraction of sp³-hybridized carbons (Fsp3) is 1.00. The highest BCUT2D eigenvalue weighted by Gasteiger charge is 2.61. The summed E-state index contributed by atoms with van der Waals surface area (Å²) >= 11 is 0. The molecule has 2 heterocycles. The van der Waals surface area contributed by atoms with Gasteiger partial charge >= 0.3 is 0 Å². The van der Waals surface area contributed by atoms with Crippen LogP contribution in [0.4, 0.5) is 0 Å². The van der Waals surface area contributed by atoms with Gasteiger partial charge in [-0.05, 0) is 26.7 Å². The summed E-state index contributed by atoms with van der Waals surface area (Å²) in [5.41, 5.74) is -0.265. The Morgan fingerprint density at radius 2 is 1.69 bits per heavy atom. The SMILES string of the molecule is CCC1(CC)O[C@@H](OC)[C@H]2OC(C)(C)OC21. The van der Waals surface area contributed by atoms with Gasteiger partial charge in [-0.15, -0.1) is 0 Å². The van der Waals surface area contributed by atoms with E-state index in [1.807, 2.05) is 13.8 Å². The molecule has 4 nitrogen and oxygen atoms in total. The fourth-order valence-corrected chi connectivity index (χ4v) is 2.76. The summed E-state index contributed by atoms with van der Waals surface area (Å²) in [5.74, 6) is -0.536. The Balaban J connectivity index is 2.26. The van der Waals surface area contributed by atoms with Gasteiger partial charge in [0.25, 0.3) is 0 Å². The second-order valence-corrected chi connectivity index (χ2v) is 5.01. The Kier molecular flexibility index (Phi) is 3.03. The van der Waals surface area contributed by atoms with E-state index in [0.717, 1.165) is 12.8 Å². The van der Waals surface area contributed by atoms with Crippen molar-refractivity contribution in [2.75, 3.05) is 7.11 Å². The lowest BCUT2D eigenvalue weighted by Gasteiger charge is -2.32. The highest BCUT2D eigenvalue weighted by Crippen LogP contribution is 2.47. The number of fused-ring (bicyclic) bond motifs is 1. The van der Waals surface area contributed by atoms with Crippen LogP contribution in [0.1, 0.15) is 40.5 Å². The van der Waals surface area contributed by atoms with Crippen LogP contribution in [0.5, 0.6) is 0 Å². The lowest BCUT2D eigenvalue weighted by molar-refractivity contribution is -0.251. The molecule has 0 aromatic rings. The zero-order valence-electron chi connectivity index (χ0n) is 10.8. The maximum Gasteiger partial charge on any atom is 0.186 e. The number of rotatable bonds is 3. The van der Waals surface area contributed by atoms with Gasteiger partial charge in [0.05, 0.1) is 5.60 Å². The minimum atomic E-state index is -0.536. The Bertz CT molecular complexity index is 260. The molecule has 3 atom stereocenters. The van der Waals surface area contributed by atoms with Crippen molar-refractivity contribution in [1.29, 1.82) is 0 Å². The predicted molar refractivity (Wildman–Crippen MR) is 59.0 cm³/mol. The van der Waals surface area contributed by atoms with Crippen LogP contribution >= 0.6 is 0 Å². The summed E-state index contributed by atoms with van der Waals surface area (Å²) in [4.78, 5) is 0. The molecule has 1 unspecified atom stereocenters. The first-order valence-corrected chi connectivity index (χ1v) is 6.04. The lowest BCUT2D eigenvalue weighted by atomic mass is 9.90. The third-order valence-corrected chi connectivity index (χ3v) is 3.70. The van der Waals surface area contributed by atoms with Gasteiger partial charge in [-0.3, -0.25) is 0 Å². The molecule has 0 bridgehead atoms. The summed E-state index contributed by atoms with van der Waals surface area (Å²) in [6.45, 7) is 8.11. The van der Waals surface area contributed by atoms with E-state index < -0.39 is 5.79 Å². The summed E-state index contributed by atoms with van der Waals surface area (Å²) in [6, 6.07) is 0. The average molecular weight is 230 g/mol. The quantitative estimate of drug-likeness (QED) is 0.743. The molecule has 0 amide bonds. The van der Waals surface area contributed by atoms with Gasteiger partial charge < -0.3 is 18.9 Å². The van der Waals surface area contributed by atoms with E-state index in [0.29, 0.717) is 0 Å². The standard InChI is InChI=1S/C12H22O4/c1-6-12(7-2)9-8(10(13-5)16-12)14-11(3,4)15-9/h8-10H,6-7H2,1-5H3/t8-,9?,10+/m0/s1. The minimum absolute atomic E-state index is 0.0255. The molecule has 0 aromatic carbocycles. The normalized spacial score (nSPS) is 39.9. The maximum absolute atomic E-state index is 5.98. The van der Waals surface area contributed by atoms with Crippen molar-refractivity contribution in [3.05, 3.63) is 0 Å². The van der Waals surface area contributed by atoms with Gasteiger partial charge in [0.2, 0.25) is 0 Å². The third-order valence-electron chi connectivity index (χ3n) is 3.70. The number of hydrogen-bond donors (Lipinski definition) is 0. The zero-order valence-corrected chi connectivity index (χ0v) is 10.8. The summed E-state index contributed by atoms with van der Waals surface area (Å²) in [7, 11) is 1.65. The molecule has 16 heavy (non-hydrogen) atoms. The highest BCUT2D eigenvalue weighted by atomic mass is 16.8. The van der Waals surface area contributed by atoms with Crippen molar-refractivity contribution >= 4 is 0 Å². The molecule has 0 radical (unpaired) electrons. The van der Waals surface area contributed by atoms with Crippen LogP contribution in [-0.4, -0.2) is 37.0 Å². The van der Waals surface area contributed by atoms with Crippen molar-refractivity contribution in [2.24, 2.45) is 0 Å². The summed E-state index contributed by atoms with van der Waals surface area (Å²) < 4.78 is 23.2. The number of ether oxygens (including phenoxy) is 4. The molecule has 2 saturated heterocycles. The number of hydrogen-bond acceptors (Lipinski definition) is 4. The molecule has 2 aliphatic heterocycles. The van der Waals surface area contributed by atoms with E-state index in [1.165, 1.54) is 0 Å². The Morgan fingerprint density at radius 1 is 1.06 bits per heavy atom. The Hall–Kier alpha value is -0.160. The van der Waals surface area contributed by atoms with Gasteiger partial charge in [-0.2, -0.15) is 0 Å². The van der Waals surface area contributed by atoms with Crippen LogP contribution in [0.2, 0.25) is 0 Å². The van der Waals surface area contributed by atoms with E-state index in [2.05, 4.69) is 13.8 Å². The first kappa shape index (κ1) is 12.3. The summed E-state index contributed by atoms with van der Waals surface area (Å²) in [6.07, 6.45) is 1.36. The second kappa shape index (κ2) is 3.95. The van der Waals surface area contributed by atoms with Gasteiger partial charge in [0, 0.05) is 7.11 Å². The molecule has 94 valence electrons. The van der Waals surface area contributed by atoms with Crippen LogP contribution < -0.4 is 0 Å². The Morgan fingerprint density at radius 3 is 2.19 bits per heavy atom. The largest absolute Gasteiger partial charge is 0.353 e. The van der Waals surface area contributed by atoms with Crippen molar-refractivity contribution in [2.45, 2.75) is 70.4 Å². The zero-order chi connectivity index (χ0) is 12.0. The molecule has 0 aromatic heterocycles. The molecule has 0 saturated carbocycles. The molecule has 4 heteroatoms. The number of methoxy groups -OCH3 is 1. The molecule has 2 rings (SSSR count). The summed E-state index contributed by atoms with van der Waals surface area (Å²) in [5, 5.41) is 0. The molecule has 0 spiro atoms. The van der Waals surface area contributed by atoms with Gasteiger partial charge in [-0.1, -0.05) is 13.8 Å². The molecule has 2 fully saturated rings. The van der Waals surface area contributed by atoms with E-state index in [4.69, 9.17) is 18.9 Å². The van der Waals surface area contributed by atoms with Crippen molar-refractivity contribution < 1.29 is 18.9 Å². The first-order valence-electron chi connectivity index (χ1n) is 6.04. The van der Waals surface area contributed by atoms with Crippen molar-refractivity contribution in [3.8, 4) is 0 Å². The van der Waals surface area contributed by atoms with Crippen LogP contribution in [-0.2, 0) is 18.9 Å². The van der Waals surface area contributed by atoms with Gasteiger partial charge in [0.15, 0.2) is 12.1 Å². The average Bonchev–Trinajstić information content (AvgIpc) is 2.70. The molecule has 0 aliphatic carbocycles. The topological polar surface area (TPSA) is 36.9 Å². The van der Waals surface area contributed by atoms with Crippen LogP contribution in [0.25, 0.3) is 0 Å². The third kappa shape index (κ3) is 1.68. The fourth-order valence-electron chi connectivity index (χ4n) is 2.76. The predicted octanol–water partition coefficient (Wildman–Crippen LogP) is 2.07.